The molecule has 1 aromatic rings. The van der Waals surface area contributed by atoms with E-state index in [2.05, 4.69) is 26.0 Å². The summed E-state index contributed by atoms with van der Waals surface area (Å²) in [5, 5.41) is 16.1. The molecule has 2 amide bonds. The first-order chi connectivity index (χ1) is 7.01. The van der Waals surface area contributed by atoms with Crippen molar-refractivity contribution < 1.29 is 14.6 Å². The Bertz CT molecular complexity index is 627. The lowest BCUT2D eigenvalue weighted by Gasteiger charge is -2.32. The number of halogens is 1. The molecule has 4 rings (SSSR count). The third kappa shape index (κ3) is 0.969. The number of rotatable bonds is 0. The van der Waals surface area contributed by atoms with Crippen molar-refractivity contribution in [2.24, 2.45) is 10.1 Å². The normalized spacial score (nSPS) is 25.7. The van der Waals surface area contributed by atoms with E-state index in [4.69, 9.17) is 4.84 Å². The highest BCUT2D eigenvalue weighted by Crippen LogP contribution is 2.28. The number of fused-ring (bicyclic) bond motifs is 1. The number of benzene rings is 1. The number of amides is 2. The van der Waals surface area contributed by atoms with E-state index < -0.39 is 10.9 Å². The third-order valence-corrected chi connectivity index (χ3v) is 3.15. The summed E-state index contributed by atoms with van der Waals surface area (Å²) in [5.41, 5.74) is 0.734. The van der Waals surface area contributed by atoms with Gasteiger partial charge < -0.3 is 5.21 Å². The molecule has 0 aliphatic carbocycles. The number of carbonyl (C=O) groups is 1. The lowest BCUT2D eigenvalue weighted by Crippen LogP contribution is -2.57. The van der Waals surface area contributed by atoms with Gasteiger partial charge in [0, 0.05) is 15.0 Å². The van der Waals surface area contributed by atoms with Crippen molar-refractivity contribution in [3.05, 3.63) is 32.0 Å². The van der Waals surface area contributed by atoms with Gasteiger partial charge in [0.15, 0.2) is 10.7 Å². The van der Waals surface area contributed by atoms with Crippen LogP contribution in [0.4, 0.5) is 4.79 Å². The standard InChI is InChI=1S/C8H4BrN3O3/c1-3-4(9)2-5-6-7(3)15-12(14,11-5)8(13)10-6/h2H,1H3. The molecular formula is C8H4BrN3O3. The Hall–Kier alpha value is -1.31. The van der Waals surface area contributed by atoms with Crippen molar-refractivity contribution in [2.45, 2.75) is 6.92 Å². The van der Waals surface area contributed by atoms with Crippen LogP contribution in [0.5, 0.6) is 5.75 Å². The monoisotopic (exact) mass is 269 g/mol. The van der Waals surface area contributed by atoms with Gasteiger partial charge in [0.25, 0.3) is 0 Å². The van der Waals surface area contributed by atoms with Crippen LogP contribution in [-0.2, 0) is 0 Å². The second-order valence-corrected chi connectivity index (χ2v) is 4.14. The van der Waals surface area contributed by atoms with Crippen molar-refractivity contribution in [1.82, 2.24) is 0 Å². The van der Waals surface area contributed by atoms with Crippen LogP contribution in [0.3, 0.4) is 0 Å². The van der Waals surface area contributed by atoms with E-state index >= 15 is 0 Å². The molecule has 1 atom stereocenters. The first-order valence-corrected chi connectivity index (χ1v) is 4.93. The molecule has 0 fully saturated rings. The number of hydrogen-bond acceptors (Lipinski definition) is 4. The van der Waals surface area contributed by atoms with E-state index in [-0.39, 0.29) is 0 Å². The Morgan fingerprint density at radius 1 is 1.60 bits per heavy atom. The maximum atomic E-state index is 11.7. The average molecular weight is 270 g/mol. The van der Waals surface area contributed by atoms with Gasteiger partial charge in [-0.05, 0) is 18.1 Å². The second-order valence-electron chi connectivity index (χ2n) is 3.29. The van der Waals surface area contributed by atoms with Crippen LogP contribution < -0.4 is 15.6 Å². The minimum Gasteiger partial charge on any atom is -0.552 e. The van der Waals surface area contributed by atoms with E-state index in [9.17, 15) is 10.0 Å². The first kappa shape index (κ1) is 8.96. The lowest BCUT2D eigenvalue weighted by molar-refractivity contribution is -0.982. The number of urea groups is 1. The van der Waals surface area contributed by atoms with E-state index in [0.29, 0.717) is 16.5 Å². The second kappa shape index (κ2) is 2.43. The molecule has 4 bridgehead atoms. The van der Waals surface area contributed by atoms with E-state index in [0.717, 1.165) is 10.0 Å². The molecule has 6 nitrogen and oxygen atoms in total. The molecule has 76 valence electrons. The Kier molecular flexibility index (Phi) is 1.45. The van der Waals surface area contributed by atoms with Gasteiger partial charge in [-0.1, -0.05) is 15.9 Å². The molecule has 15 heavy (non-hydrogen) atoms. The Morgan fingerprint density at radius 2 is 2.33 bits per heavy atom. The molecule has 0 spiro atoms. The molecule has 0 aromatic heterocycles. The minimum atomic E-state index is -1.72. The molecule has 3 heterocycles. The number of hydroxylamine groups is 2. The highest BCUT2D eigenvalue weighted by atomic mass is 79.9. The van der Waals surface area contributed by atoms with Gasteiger partial charge in [-0.2, -0.15) is 4.79 Å². The quantitative estimate of drug-likeness (QED) is 0.513. The van der Waals surface area contributed by atoms with Crippen molar-refractivity contribution in [1.29, 1.82) is 0 Å². The van der Waals surface area contributed by atoms with Crippen LogP contribution in [0.1, 0.15) is 5.56 Å². The van der Waals surface area contributed by atoms with Crippen LogP contribution in [0.25, 0.3) is 0 Å². The van der Waals surface area contributed by atoms with Gasteiger partial charge in [0.05, 0.1) is 0 Å². The summed E-state index contributed by atoms with van der Waals surface area (Å²) < 4.78 is 0.774. The van der Waals surface area contributed by atoms with E-state index in [1.807, 2.05) is 0 Å². The molecule has 3 aliphatic rings. The van der Waals surface area contributed by atoms with Crippen molar-refractivity contribution >= 4 is 22.0 Å². The molecule has 1 unspecified atom stereocenters. The fourth-order valence-electron chi connectivity index (χ4n) is 1.52. The van der Waals surface area contributed by atoms with Gasteiger partial charge in [-0.25, -0.2) is 0 Å². The predicted molar refractivity (Wildman–Crippen MR) is 50.8 cm³/mol. The SMILES string of the molecule is Cc1c(Br)cc2c3c1O[N+]([O-])(N=2)C(=O)N=3. The zero-order chi connectivity index (χ0) is 10.8. The van der Waals surface area contributed by atoms with Crippen LogP contribution in [0, 0.1) is 12.1 Å². The molecule has 0 saturated heterocycles. The zero-order valence-corrected chi connectivity index (χ0v) is 9.11. The van der Waals surface area contributed by atoms with Gasteiger partial charge in [0.1, 0.15) is 0 Å². The summed E-state index contributed by atoms with van der Waals surface area (Å²) in [5.74, 6) is 0.323. The Morgan fingerprint density at radius 3 is 3.00 bits per heavy atom. The van der Waals surface area contributed by atoms with Crippen molar-refractivity contribution in [2.75, 3.05) is 0 Å². The molecule has 0 saturated carbocycles. The maximum absolute atomic E-state index is 11.7. The summed E-state index contributed by atoms with van der Waals surface area (Å²) >= 11 is 3.31. The van der Waals surface area contributed by atoms with Gasteiger partial charge in [-0.15, -0.1) is 4.99 Å². The number of hydrogen-bond donors (Lipinski definition) is 0. The highest BCUT2D eigenvalue weighted by molar-refractivity contribution is 9.10. The topological polar surface area (TPSA) is 74.1 Å². The molecule has 0 N–H and O–H groups in total. The third-order valence-electron chi connectivity index (χ3n) is 2.32. The summed E-state index contributed by atoms with van der Waals surface area (Å²) in [6.07, 6.45) is 0. The zero-order valence-electron chi connectivity index (χ0n) is 7.52. The van der Waals surface area contributed by atoms with Crippen molar-refractivity contribution in [3.63, 3.8) is 0 Å². The Labute approximate surface area is 91.7 Å². The number of nitrogens with zero attached hydrogens (tertiary/aromatic N) is 3. The molecule has 1 aromatic carbocycles. The van der Waals surface area contributed by atoms with Gasteiger partial charge >= 0.3 is 6.03 Å². The fraction of sp³-hybridized carbons (Fsp3) is 0.125. The summed E-state index contributed by atoms with van der Waals surface area (Å²) in [6.45, 7) is 1.77. The van der Waals surface area contributed by atoms with Gasteiger partial charge in [0.2, 0.25) is 5.75 Å². The van der Waals surface area contributed by atoms with Gasteiger partial charge in [-0.3, -0.25) is 4.84 Å². The lowest BCUT2D eigenvalue weighted by atomic mass is 10.2. The summed E-state index contributed by atoms with van der Waals surface area (Å²) in [6, 6.07) is 0.703. The molecule has 3 aliphatic heterocycles. The predicted octanol–water partition coefficient (Wildman–Crippen LogP) is 0.667. The number of carbonyl (C=O) groups excluding carboxylic acids is 1. The van der Waals surface area contributed by atoms with Crippen molar-refractivity contribution in [3.8, 4) is 5.75 Å². The fourth-order valence-corrected chi connectivity index (χ4v) is 1.92. The highest BCUT2D eigenvalue weighted by Gasteiger charge is 2.41. The first-order valence-electron chi connectivity index (χ1n) is 4.13. The van der Waals surface area contributed by atoms with E-state index in [1.165, 1.54) is 0 Å². The molecular weight excluding hydrogens is 266 g/mol. The van der Waals surface area contributed by atoms with Crippen LogP contribution >= 0.6 is 15.9 Å². The van der Waals surface area contributed by atoms with Crippen LogP contribution in [-0.4, -0.2) is 10.9 Å². The molecule has 0 radical (unpaired) electrons. The maximum Gasteiger partial charge on any atom is 0.514 e. The minimum absolute atomic E-state index is 0.323. The number of quaternary nitrogens is 1. The van der Waals surface area contributed by atoms with E-state index in [1.54, 1.807) is 13.0 Å². The molecule has 7 heteroatoms. The smallest absolute Gasteiger partial charge is 0.514 e. The Balaban J connectivity index is 2.57. The summed E-state index contributed by atoms with van der Waals surface area (Å²) in [4.78, 5) is 18.1. The van der Waals surface area contributed by atoms with Crippen LogP contribution in [0.2, 0.25) is 0 Å². The average Bonchev–Trinajstić information content (AvgIpc) is 2.16. The largest absolute Gasteiger partial charge is 0.552 e. The summed E-state index contributed by atoms with van der Waals surface area (Å²) in [7, 11) is 0. The van der Waals surface area contributed by atoms with Crippen LogP contribution in [0.15, 0.2) is 20.6 Å².